The maximum absolute atomic E-state index is 12.1. The van der Waals surface area contributed by atoms with Crippen LogP contribution in [0.25, 0.3) is 0 Å². The molecule has 0 unspecified atom stereocenters. The summed E-state index contributed by atoms with van der Waals surface area (Å²) in [5.41, 5.74) is 1.05. The average Bonchev–Trinajstić information content (AvgIpc) is 2.64. The summed E-state index contributed by atoms with van der Waals surface area (Å²) in [6.07, 6.45) is 0.456. The van der Waals surface area contributed by atoms with Gasteiger partial charge in [-0.2, -0.15) is 0 Å². The second kappa shape index (κ2) is 12.9. The van der Waals surface area contributed by atoms with E-state index in [-0.39, 0.29) is 25.3 Å². The van der Waals surface area contributed by atoms with Crippen molar-refractivity contribution in [2.45, 2.75) is 6.42 Å². The number of aromatic carboxylic acids is 1. The second-order valence-corrected chi connectivity index (χ2v) is 7.18. The van der Waals surface area contributed by atoms with E-state index in [0.29, 0.717) is 19.5 Å². The highest BCUT2D eigenvalue weighted by Gasteiger charge is 2.16. The number of benzene rings is 1. The molecule has 0 amide bonds. The van der Waals surface area contributed by atoms with Crippen LogP contribution >= 0.6 is 0 Å². The van der Waals surface area contributed by atoms with Gasteiger partial charge in [-0.05, 0) is 38.8 Å². The number of aliphatic carboxylic acids is 1. The molecule has 0 aliphatic carbocycles. The molecular formula is C20H31N3O6. The third-order valence-corrected chi connectivity index (χ3v) is 4.29. The van der Waals surface area contributed by atoms with Crippen LogP contribution in [0.15, 0.2) is 24.3 Å². The van der Waals surface area contributed by atoms with E-state index in [0.717, 1.165) is 18.7 Å². The minimum absolute atomic E-state index is 0.0915. The monoisotopic (exact) mass is 409 g/mol. The summed E-state index contributed by atoms with van der Waals surface area (Å²) in [5, 5.41) is 18.0. The molecule has 1 aromatic carbocycles. The normalized spacial score (nSPS) is 11.2. The van der Waals surface area contributed by atoms with Gasteiger partial charge in [0.2, 0.25) is 0 Å². The number of hydrogen-bond acceptors (Lipinski definition) is 7. The van der Waals surface area contributed by atoms with Crippen LogP contribution in [0.3, 0.4) is 0 Å². The molecule has 0 saturated carbocycles. The van der Waals surface area contributed by atoms with E-state index in [9.17, 15) is 14.4 Å². The standard InChI is InChI=1S/C20H31N3O6/c1-21(2)9-10-22(3)11-12-23(14-18(24)25)15-19(26)29-13-8-16-4-6-17(7-5-16)20(27)28/h4-7H,8-15H2,1-3H3,(H,24,25)(H,27,28). The lowest BCUT2D eigenvalue weighted by atomic mass is 10.1. The molecule has 29 heavy (non-hydrogen) atoms. The molecule has 0 saturated heterocycles. The summed E-state index contributed by atoms with van der Waals surface area (Å²) < 4.78 is 5.21. The fraction of sp³-hybridized carbons (Fsp3) is 0.550. The number of carbonyl (C=O) groups is 3. The highest BCUT2D eigenvalue weighted by atomic mass is 16.5. The first-order valence-corrected chi connectivity index (χ1v) is 9.42. The Morgan fingerprint density at radius 3 is 2.07 bits per heavy atom. The zero-order chi connectivity index (χ0) is 21.8. The van der Waals surface area contributed by atoms with Crippen LogP contribution in [0.2, 0.25) is 0 Å². The largest absolute Gasteiger partial charge is 0.480 e. The van der Waals surface area contributed by atoms with E-state index in [1.165, 1.54) is 12.1 Å². The second-order valence-electron chi connectivity index (χ2n) is 7.18. The molecule has 0 aliphatic heterocycles. The molecule has 9 nitrogen and oxygen atoms in total. The summed E-state index contributed by atoms with van der Waals surface area (Å²) in [5.74, 6) is -2.47. The molecule has 0 fully saturated rings. The van der Waals surface area contributed by atoms with E-state index in [1.54, 1.807) is 17.0 Å². The number of carbonyl (C=O) groups excluding carboxylic acids is 1. The average molecular weight is 409 g/mol. The number of hydrogen-bond donors (Lipinski definition) is 2. The van der Waals surface area contributed by atoms with Crippen molar-refractivity contribution >= 4 is 17.9 Å². The maximum atomic E-state index is 12.1. The number of carboxylic acids is 2. The van der Waals surface area contributed by atoms with Crippen molar-refractivity contribution < 1.29 is 29.3 Å². The van der Waals surface area contributed by atoms with Crippen molar-refractivity contribution in [3.63, 3.8) is 0 Å². The molecule has 0 radical (unpaired) electrons. The number of carboxylic acid groups (broad SMARTS) is 2. The van der Waals surface area contributed by atoms with Gasteiger partial charge in [0.25, 0.3) is 0 Å². The predicted octanol–water partition coefficient (Wildman–Crippen LogP) is 0.351. The molecule has 0 bridgehead atoms. The van der Waals surface area contributed by atoms with Crippen molar-refractivity contribution in [1.82, 2.24) is 14.7 Å². The zero-order valence-corrected chi connectivity index (χ0v) is 17.3. The first kappa shape index (κ1) is 24.5. The van der Waals surface area contributed by atoms with Gasteiger partial charge in [0, 0.05) is 32.6 Å². The summed E-state index contributed by atoms with van der Waals surface area (Å²) in [7, 11) is 5.93. The van der Waals surface area contributed by atoms with Crippen molar-refractivity contribution in [2.75, 3.05) is 67.0 Å². The number of nitrogens with zero attached hydrogens (tertiary/aromatic N) is 3. The molecule has 0 atom stereocenters. The van der Waals surface area contributed by atoms with Gasteiger partial charge in [-0.15, -0.1) is 0 Å². The van der Waals surface area contributed by atoms with Gasteiger partial charge in [0.15, 0.2) is 0 Å². The topological polar surface area (TPSA) is 111 Å². The lowest BCUT2D eigenvalue weighted by Crippen LogP contribution is -2.41. The minimum atomic E-state index is -0.993. The number of likely N-dealkylation sites (N-methyl/N-ethyl adjacent to an activating group) is 2. The Hall–Kier alpha value is -2.49. The van der Waals surface area contributed by atoms with Gasteiger partial charge in [-0.25, -0.2) is 4.79 Å². The quantitative estimate of drug-likeness (QED) is 0.421. The molecule has 162 valence electrons. The minimum Gasteiger partial charge on any atom is -0.480 e. The Kier molecular flexibility index (Phi) is 10.9. The summed E-state index contributed by atoms with van der Waals surface area (Å²) in [4.78, 5) is 39.7. The first-order chi connectivity index (χ1) is 13.7. The van der Waals surface area contributed by atoms with Gasteiger partial charge >= 0.3 is 17.9 Å². The Labute approximate surface area is 171 Å². The Morgan fingerprint density at radius 1 is 0.897 bits per heavy atom. The van der Waals surface area contributed by atoms with Crippen LogP contribution in [-0.2, 0) is 20.7 Å². The van der Waals surface area contributed by atoms with Crippen LogP contribution in [0.1, 0.15) is 15.9 Å². The van der Waals surface area contributed by atoms with Crippen LogP contribution in [0.5, 0.6) is 0 Å². The maximum Gasteiger partial charge on any atom is 0.335 e. The smallest absolute Gasteiger partial charge is 0.335 e. The first-order valence-electron chi connectivity index (χ1n) is 9.42. The zero-order valence-electron chi connectivity index (χ0n) is 17.3. The van der Waals surface area contributed by atoms with Gasteiger partial charge < -0.3 is 24.7 Å². The van der Waals surface area contributed by atoms with E-state index < -0.39 is 17.9 Å². The lowest BCUT2D eigenvalue weighted by molar-refractivity contribution is -0.146. The van der Waals surface area contributed by atoms with Crippen molar-refractivity contribution in [3.05, 3.63) is 35.4 Å². The third-order valence-electron chi connectivity index (χ3n) is 4.29. The fourth-order valence-corrected chi connectivity index (χ4v) is 2.52. The SMILES string of the molecule is CN(C)CCN(C)CCN(CC(=O)O)CC(=O)OCCc1ccc(C(=O)O)cc1. The van der Waals surface area contributed by atoms with Crippen molar-refractivity contribution in [2.24, 2.45) is 0 Å². The molecule has 1 aromatic rings. The summed E-state index contributed by atoms with van der Waals surface area (Å²) in [6.45, 7) is 2.66. The van der Waals surface area contributed by atoms with Crippen LogP contribution < -0.4 is 0 Å². The molecule has 0 aromatic heterocycles. The Balaban J connectivity index is 2.40. The van der Waals surface area contributed by atoms with Crippen molar-refractivity contribution in [3.8, 4) is 0 Å². The molecule has 0 heterocycles. The highest BCUT2D eigenvalue weighted by molar-refractivity contribution is 5.87. The van der Waals surface area contributed by atoms with Crippen LogP contribution in [-0.4, -0.2) is 110 Å². The van der Waals surface area contributed by atoms with E-state index in [4.69, 9.17) is 14.9 Å². The Morgan fingerprint density at radius 2 is 1.52 bits per heavy atom. The van der Waals surface area contributed by atoms with Gasteiger partial charge in [0.1, 0.15) is 0 Å². The third kappa shape index (κ3) is 11.2. The Bertz CT molecular complexity index is 663. The predicted molar refractivity (Wildman–Crippen MR) is 108 cm³/mol. The molecule has 0 aliphatic rings. The van der Waals surface area contributed by atoms with Crippen LogP contribution in [0, 0.1) is 0 Å². The molecule has 2 N–H and O–H groups in total. The van der Waals surface area contributed by atoms with E-state index in [1.807, 2.05) is 21.1 Å². The molecule has 9 heteroatoms. The van der Waals surface area contributed by atoms with E-state index in [2.05, 4.69) is 9.80 Å². The summed E-state index contributed by atoms with van der Waals surface area (Å²) >= 11 is 0. The number of esters is 1. The lowest BCUT2D eigenvalue weighted by Gasteiger charge is -2.24. The fourth-order valence-electron chi connectivity index (χ4n) is 2.52. The van der Waals surface area contributed by atoms with Gasteiger partial charge in [-0.3, -0.25) is 14.5 Å². The van der Waals surface area contributed by atoms with E-state index >= 15 is 0 Å². The van der Waals surface area contributed by atoms with Gasteiger partial charge in [0.05, 0.1) is 25.3 Å². The van der Waals surface area contributed by atoms with Crippen molar-refractivity contribution in [1.29, 1.82) is 0 Å². The molecule has 1 rings (SSSR count). The molecule has 0 spiro atoms. The summed E-state index contributed by atoms with van der Waals surface area (Å²) in [6, 6.07) is 6.36. The molecular weight excluding hydrogens is 378 g/mol. The van der Waals surface area contributed by atoms with Gasteiger partial charge in [-0.1, -0.05) is 12.1 Å². The van der Waals surface area contributed by atoms with Crippen LogP contribution in [0.4, 0.5) is 0 Å². The number of rotatable bonds is 14. The number of ether oxygens (including phenoxy) is 1. The highest BCUT2D eigenvalue weighted by Crippen LogP contribution is 2.05.